The Hall–Kier alpha value is -1.77. The highest BCUT2D eigenvalue weighted by Gasteiger charge is 2.20. The van der Waals surface area contributed by atoms with Gasteiger partial charge < -0.3 is 20.1 Å². The third-order valence-corrected chi connectivity index (χ3v) is 5.49. The summed E-state index contributed by atoms with van der Waals surface area (Å²) in [5.41, 5.74) is 0.905. The highest BCUT2D eigenvalue weighted by Crippen LogP contribution is 2.33. The first-order valence-electron chi connectivity index (χ1n) is 9.05. The van der Waals surface area contributed by atoms with E-state index >= 15 is 0 Å². The molecule has 26 heavy (non-hydrogen) atoms. The van der Waals surface area contributed by atoms with E-state index < -0.39 is 0 Å². The van der Waals surface area contributed by atoms with Crippen LogP contribution < -0.4 is 10.6 Å². The fourth-order valence-corrected chi connectivity index (χ4v) is 4.04. The Morgan fingerprint density at radius 2 is 2.31 bits per heavy atom. The molecule has 0 aromatic carbocycles. The number of hydrogen-bond donors (Lipinski definition) is 2. The Bertz CT molecular complexity index is 756. The van der Waals surface area contributed by atoms with Crippen LogP contribution in [-0.4, -0.2) is 54.4 Å². The quantitative estimate of drug-likeness (QED) is 0.687. The monoisotopic (exact) mass is 378 g/mol. The first-order chi connectivity index (χ1) is 12.6. The number of hydrogen-bond acceptors (Lipinski definition) is 7. The van der Waals surface area contributed by atoms with Crippen LogP contribution in [0.5, 0.6) is 0 Å². The lowest BCUT2D eigenvalue weighted by atomic mass is 10.2. The van der Waals surface area contributed by atoms with E-state index in [-0.39, 0.29) is 18.1 Å². The number of aromatic nitrogens is 2. The van der Waals surface area contributed by atoms with Gasteiger partial charge in [0.1, 0.15) is 17.0 Å². The molecule has 1 fully saturated rings. The molecule has 0 aliphatic carbocycles. The molecule has 3 rings (SSSR count). The largest absolute Gasteiger partial charge is 0.377 e. The van der Waals surface area contributed by atoms with E-state index in [1.165, 1.54) is 17.7 Å². The minimum absolute atomic E-state index is 0.0945. The van der Waals surface area contributed by atoms with Gasteiger partial charge in [-0.2, -0.15) is 0 Å². The van der Waals surface area contributed by atoms with Gasteiger partial charge in [-0.1, -0.05) is 0 Å². The molecule has 1 aliphatic rings. The number of nitrogens with zero attached hydrogens (tertiary/aromatic N) is 2. The molecule has 0 saturated carbocycles. The lowest BCUT2D eigenvalue weighted by Crippen LogP contribution is -2.27. The molecular formula is C18H26N4O3S. The van der Waals surface area contributed by atoms with Crippen LogP contribution in [0.15, 0.2) is 6.33 Å². The second-order valence-corrected chi connectivity index (χ2v) is 7.65. The fourth-order valence-electron chi connectivity index (χ4n) is 2.98. The summed E-state index contributed by atoms with van der Waals surface area (Å²) in [5, 5.41) is 7.19. The fraction of sp³-hybridized carbons (Fsp3) is 0.611. The topological polar surface area (TPSA) is 85.4 Å². The summed E-state index contributed by atoms with van der Waals surface area (Å²) in [7, 11) is 0. The van der Waals surface area contributed by atoms with Crippen LogP contribution in [0.3, 0.4) is 0 Å². The zero-order valence-corrected chi connectivity index (χ0v) is 16.3. The number of nitrogens with one attached hydrogen (secondary N) is 2. The number of rotatable bonds is 8. The zero-order chi connectivity index (χ0) is 18.5. The summed E-state index contributed by atoms with van der Waals surface area (Å²) in [6.45, 7) is 8.42. The third kappa shape index (κ3) is 4.49. The average Bonchev–Trinajstić information content (AvgIpc) is 3.25. The molecule has 1 saturated heterocycles. The number of anilines is 1. The normalized spacial score (nSPS) is 17.2. The van der Waals surface area contributed by atoms with E-state index in [9.17, 15) is 4.79 Å². The number of fused-ring (bicyclic) bond motifs is 1. The Balaban J connectivity index is 1.70. The summed E-state index contributed by atoms with van der Waals surface area (Å²) in [5.74, 6) is 0.671. The molecule has 0 radical (unpaired) electrons. The lowest BCUT2D eigenvalue weighted by Gasteiger charge is -2.12. The van der Waals surface area contributed by atoms with Crippen LogP contribution in [0.25, 0.3) is 10.2 Å². The summed E-state index contributed by atoms with van der Waals surface area (Å²) in [4.78, 5) is 22.7. The van der Waals surface area contributed by atoms with E-state index in [2.05, 4.69) is 20.6 Å². The molecule has 1 aliphatic heterocycles. The molecule has 2 aromatic heterocycles. The number of amides is 1. The first-order valence-corrected chi connectivity index (χ1v) is 9.87. The van der Waals surface area contributed by atoms with Crippen molar-refractivity contribution in [2.45, 2.75) is 45.8 Å². The lowest BCUT2D eigenvalue weighted by molar-refractivity contribution is 0.0748. The van der Waals surface area contributed by atoms with Crippen molar-refractivity contribution in [3.8, 4) is 0 Å². The van der Waals surface area contributed by atoms with Gasteiger partial charge in [0.15, 0.2) is 0 Å². The second kappa shape index (κ2) is 8.75. The predicted octanol–water partition coefficient (Wildman–Crippen LogP) is 2.75. The van der Waals surface area contributed by atoms with Crippen molar-refractivity contribution in [1.82, 2.24) is 15.3 Å². The molecule has 142 valence electrons. The molecule has 0 bridgehead atoms. The van der Waals surface area contributed by atoms with Gasteiger partial charge in [0.25, 0.3) is 5.91 Å². The van der Waals surface area contributed by atoms with Gasteiger partial charge in [0.05, 0.1) is 29.1 Å². The van der Waals surface area contributed by atoms with Crippen molar-refractivity contribution in [3.05, 3.63) is 16.8 Å². The predicted molar refractivity (Wildman–Crippen MR) is 103 cm³/mol. The minimum Gasteiger partial charge on any atom is -0.377 e. The van der Waals surface area contributed by atoms with Gasteiger partial charge in [-0.15, -0.1) is 11.3 Å². The van der Waals surface area contributed by atoms with Crippen LogP contribution in [-0.2, 0) is 9.47 Å². The maximum absolute atomic E-state index is 12.5. The molecule has 7 nitrogen and oxygen atoms in total. The maximum atomic E-state index is 12.5. The molecule has 0 spiro atoms. The maximum Gasteiger partial charge on any atom is 0.261 e. The number of aryl methyl sites for hydroxylation is 1. The molecule has 3 heterocycles. The van der Waals surface area contributed by atoms with Crippen molar-refractivity contribution in [2.24, 2.45) is 0 Å². The number of ether oxygens (including phenoxy) is 2. The number of carbonyl (C=O) groups excluding carboxylic acids is 1. The van der Waals surface area contributed by atoms with Crippen molar-refractivity contribution in [3.63, 3.8) is 0 Å². The van der Waals surface area contributed by atoms with Crippen LogP contribution in [0.2, 0.25) is 0 Å². The summed E-state index contributed by atoms with van der Waals surface area (Å²) in [6.07, 6.45) is 4.09. The molecule has 1 atom stereocenters. The zero-order valence-electron chi connectivity index (χ0n) is 15.5. The summed E-state index contributed by atoms with van der Waals surface area (Å²) >= 11 is 1.39. The van der Waals surface area contributed by atoms with Crippen molar-refractivity contribution in [2.75, 3.05) is 31.6 Å². The number of thiophene rings is 1. The summed E-state index contributed by atoms with van der Waals surface area (Å²) in [6, 6.07) is 0. The second-order valence-electron chi connectivity index (χ2n) is 6.65. The molecule has 8 heteroatoms. The molecular weight excluding hydrogens is 352 g/mol. The third-order valence-electron chi connectivity index (χ3n) is 4.29. The van der Waals surface area contributed by atoms with E-state index in [4.69, 9.17) is 9.47 Å². The van der Waals surface area contributed by atoms with E-state index in [0.717, 1.165) is 47.6 Å². The van der Waals surface area contributed by atoms with Gasteiger partial charge in [0, 0.05) is 19.7 Å². The first kappa shape index (κ1) is 19.0. The van der Waals surface area contributed by atoms with Crippen molar-refractivity contribution in [1.29, 1.82) is 0 Å². The SMILES string of the molecule is Cc1c(C(=O)NCCOC(C)C)sc2ncnc(NC[C@H]3CCCO3)c12. The highest BCUT2D eigenvalue weighted by molar-refractivity contribution is 7.20. The molecule has 2 aromatic rings. The standard InChI is InChI=1S/C18H26N4O3S/c1-11(2)24-8-6-19-17(23)15-12(3)14-16(21-10-22-18(14)26-15)20-9-13-5-4-7-25-13/h10-11,13H,4-9H2,1-3H3,(H,19,23)(H,20,21,22)/t13-/m1/s1. The summed E-state index contributed by atoms with van der Waals surface area (Å²) < 4.78 is 11.1. The Labute approximate surface area is 157 Å². The van der Waals surface area contributed by atoms with Gasteiger partial charge >= 0.3 is 0 Å². The van der Waals surface area contributed by atoms with Gasteiger partial charge in [0.2, 0.25) is 0 Å². The Morgan fingerprint density at radius 1 is 1.46 bits per heavy atom. The van der Waals surface area contributed by atoms with Crippen LogP contribution in [0.4, 0.5) is 5.82 Å². The smallest absolute Gasteiger partial charge is 0.261 e. The Morgan fingerprint density at radius 3 is 3.04 bits per heavy atom. The van der Waals surface area contributed by atoms with E-state index in [1.807, 2.05) is 20.8 Å². The van der Waals surface area contributed by atoms with Crippen LogP contribution in [0.1, 0.15) is 41.9 Å². The van der Waals surface area contributed by atoms with Crippen molar-refractivity contribution >= 4 is 33.3 Å². The highest BCUT2D eigenvalue weighted by atomic mass is 32.1. The number of carbonyl (C=O) groups is 1. The minimum atomic E-state index is -0.0945. The van der Waals surface area contributed by atoms with Crippen molar-refractivity contribution < 1.29 is 14.3 Å². The van der Waals surface area contributed by atoms with Crippen LogP contribution >= 0.6 is 11.3 Å². The van der Waals surface area contributed by atoms with Crippen LogP contribution in [0, 0.1) is 6.92 Å². The molecule has 2 N–H and O–H groups in total. The van der Waals surface area contributed by atoms with Gasteiger partial charge in [-0.05, 0) is 39.2 Å². The Kier molecular flexibility index (Phi) is 6.39. The van der Waals surface area contributed by atoms with Gasteiger partial charge in [-0.25, -0.2) is 9.97 Å². The molecule has 1 amide bonds. The van der Waals surface area contributed by atoms with E-state index in [1.54, 1.807) is 0 Å². The molecule has 0 unspecified atom stereocenters. The average molecular weight is 378 g/mol. The van der Waals surface area contributed by atoms with Gasteiger partial charge in [-0.3, -0.25) is 4.79 Å². The van der Waals surface area contributed by atoms with E-state index in [0.29, 0.717) is 18.0 Å².